The molecular weight excluding hydrogens is 961 g/mol. The van der Waals surface area contributed by atoms with Gasteiger partial charge in [0.25, 0.3) is 0 Å². The third-order valence-electron chi connectivity index (χ3n) is 24.1. The zero-order valence-electron chi connectivity index (χ0n) is 54.0. The van der Waals surface area contributed by atoms with E-state index in [0.29, 0.717) is 0 Å². The lowest BCUT2D eigenvalue weighted by atomic mass is 9.76. The van der Waals surface area contributed by atoms with Crippen LogP contribution in [-0.4, -0.2) is 0 Å². The van der Waals surface area contributed by atoms with Gasteiger partial charge < -0.3 is 0 Å². The fourth-order valence-electron chi connectivity index (χ4n) is 17.6. The van der Waals surface area contributed by atoms with Crippen molar-refractivity contribution < 1.29 is 0 Å². The Morgan fingerprint density at radius 2 is 0.188 bits per heavy atom. The second-order valence-electron chi connectivity index (χ2n) is 26.5. The van der Waals surface area contributed by atoms with Crippen molar-refractivity contribution in [3.05, 3.63) is 156 Å². The quantitative estimate of drug-likeness (QED) is 0.105. The van der Waals surface area contributed by atoms with Gasteiger partial charge in [0.1, 0.15) is 0 Å². The number of rotatable bonds is 0. The molecule has 2 aliphatic rings. The molecular formula is C80H84. The summed E-state index contributed by atoms with van der Waals surface area (Å²) >= 11 is 0. The standard InChI is InChI=1S/2C40H42/c2*1-15-16(2)22(8)31-30(21(15)7)34-25(11)27(13)36-32-23(9)17(3)19(5)29-20(6)18(4)24(10)33(38(29)32)37-28(14)26(12)35(31)39(34)40(36)37/h2*1-14H3. The topological polar surface area (TPSA) is 0 Å². The molecule has 2 aliphatic carbocycles. The molecule has 0 spiro atoms. The van der Waals surface area contributed by atoms with Crippen molar-refractivity contribution in [2.24, 2.45) is 0 Å². The van der Waals surface area contributed by atoms with Crippen molar-refractivity contribution in [3.63, 3.8) is 0 Å². The summed E-state index contributed by atoms with van der Waals surface area (Å²) < 4.78 is 0. The third-order valence-corrected chi connectivity index (χ3v) is 24.1. The largest absolute Gasteiger partial charge is 0.0443 e. The van der Waals surface area contributed by atoms with Gasteiger partial charge in [0.2, 0.25) is 0 Å². The van der Waals surface area contributed by atoms with Gasteiger partial charge in [-0.25, -0.2) is 0 Å². The van der Waals surface area contributed by atoms with Crippen LogP contribution in [0.1, 0.15) is 156 Å². The first-order chi connectivity index (χ1) is 37.5. The summed E-state index contributed by atoms with van der Waals surface area (Å²) in [5, 5.41) is 23.9. The maximum Gasteiger partial charge on any atom is -0.000793 e. The number of hydrogen-bond acceptors (Lipinski definition) is 0. The molecule has 0 N–H and O–H groups in total. The van der Waals surface area contributed by atoms with Gasteiger partial charge in [-0.15, -0.1) is 0 Å². The van der Waals surface area contributed by atoms with Crippen LogP contribution in [0.5, 0.6) is 0 Å². The first kappa shape index (κ1) is 52.6. The molecule has 404 valence electrons. The number of aryl methyl sites for hydroxylation is 12. The lowest BCUT2D eigenvalue weighted by Crippen LogP contribution is -2.03. The molecule has 0 atom stereocenters. The van der Waals surface area contributed by atoms with Gasteiger partial charge in [-0.1, -0.05) is 0 Å². The van der Waals surface area contributed by atoms with Gasteiger partial charge in [0, 0.05) is 0 Å². The van der Waals surface area contributed by atoms with E-state index in [1.807, 2.05) is 0 Å². The van der Waals surface area contributed by atoms with E-state index in [0.717, 1.165) is 0 Å². The van der Waals surface area contributed by atoms with Crippen LogP contribution >= 0.6 is 0 Å². The van der Waals surface area contributed by atoms with Crippen LogP contribution in [0, 0.1) is 194 Å². The fourth-order valence-corrected chi connectivity index (χ4v) is 17.6. The van der Waals surface area contributed by atoms with Gasteiger partial charge in [-0.2, -0.15) is 0 Å². The smallest absolute Gasteiger partial charge is 0.000793 e. The minimum absolute atomic E-state index is 1.44. The van der Waals surface area contributed by atoms with Crippen molar-refractivity contribution in [2.45, 2.75) is 194 Å². The highest BCUT2D eigenvalue weighted by molar-refractivity contribution is 6.43. The second kappa shape index (κ2) is 16.5. The average molecular weight is 1050 g/mol. The van der Waals surface area contributed by atoms with Crippen molar-refractivity contribution in [2.75, 3.05) is 0 Å². The normalized spacial score (nSPS) is 12.8. The van der Waals surface area contributed by atoms with Gasteiger partial charge >= 0.3 is 0 Å². The zero-order valence-corrected chi connectivity index (χ0v) is 54.0. The summed E-state index contributed by atoms with van der Waals surface area (Å²) in [6.45, 7) is 66.2. The number of hydrogen-bond donors (Lipinski definition) is 0. The highest BCUT2D eigenvalue weighted by Gasteiger charge is 2.38. The van der Waals surface area contributed by atoms with E-state index in [4.69, 9.17) is 0 Å². The number of benzene rings is 12. The highest BCUT2D eigenvalue weighted by Crippen LogP contribution is 2.63. The average Bonchev–Trinajstić information content (AvgIpc) is 3.73. The molecule has 12 aromatic carbocycles. The molecule has 0 saturated carbocycles. The lowest BCUT2D eigenvalue weighted by molar-refractivity contribution is 1.22. The molecule has 14 rings (SSSR count). The minimum Gasteiger partial charge on any atom is -0.0443 e. The van der Waals surface area contributed by atoms with Crippen LogP contribution in [-0.2, 0) is 0 Å². The van der Waals surface area contributed by atoms with Crippen LogP contribution in [0.25, 0.3) is 131 Å². The summed E-state index contributed by atoms with van der Waals surface area (Å²) in [6.07, 6.45) is 0. The van der Waals surface area contributed by atoms with E-state index in [-0.39, 0.29) is 0 Å². The summed E-state index contributed by atoms with van der Waals surface area (Å²) in [6, 6.07) is 0. The minimum atomic E-state index is 1.44. The molecule has 0 fully saturated rings. The Balaban J connectivity index is 0.000000151. The van der Waals surface area contributed by atoms with Crippen LogP contribution in [0.3, 0.4) is 0 Å². The Hall–Kier alpha value is -6.76. The van der Waals surface area contributed by atoms with Gasteiger partial charge in [0.15, 0.2) is 0 Å². The summed E-state index contributed by atoms with van der Waals surface area (Å²) in [7, 11) is 0. The van der Waals surface area contributed by atoms with E-state index < -0.39 is 0 Å². The maximum atomic E-state index is 2.40. The van der Waals surface area contributed by atoms with Gasteiger partial charge in [0.05, 0.1) is 0 Å². The van der Waals surface area contributed by atoms with Gasteiger partial charge in [-0.3, -0.25) is 0 Å². The fraction of sp³-hybridized carbons (Fsp3) is 0.350. The maximum absolute atomic E-state index is 2.40. The Labute approximate surface area is 477 Å². The molecule has 0 radical (unpaired) electrons. The SMILES string of the molecule is Cc1c(C)c(C)c2c(c1C)-c1c(C)c(C)c3c4c(C)c(C)c(C)c5c(C)c(C)c(C)c(c6c(C)c(C)c-2c1c36)c54.Cc1c(C)c(C)c2c(c1C)-c1c(C)c(C)c3c4c(C)c(C)c(C)c5c(C)c(C)c(C)c(c6c(C)c(C)c-2c1c36)c54. The van der Waals surface area contributed by atoms with Crippen molar-refractivity contribution in [1.82, 2.24) is 0 Å². The molecule has 0 heteroatoms. The summed E-state index contributed by atoms with van der Waals surface area (Å²) in [5.74, 6) is 0. The Bertz CT molecular complexity index is 4450. The monoisotopic (exact) mass is 1040 g/mol. The molecule has 12 aromatic rings. The predicted molar refractivity (Wildman–Crippen MR) is 357 cm³/mol. The van der Waals surface area contributed by atoms with E-state index in [2.05, 4.69) is 194 Å². The molecule has 80 heavy (non-hydrogen) atoms. The van der Waals surface area contributed by atoms with Crippen LogP contribution in [0.15, 0.2) is 0 Å². The van der Waals surface area contributed by atoms with Crippen LogP contribution in [0.4, 0.5) is 0 Å². The van der Waals surface area contributed by atoms with E-state index in [1.54, 1.807) is 0 Å². The van der Waals surface area contributed by atoms with E-state index >= 15 is 0 Å². The lowest BCUT2D eigenvalue weighted by Gasteiger charge is -2.27. The van der Waals surface area contributed by atoms with Crippen LogP contribution in [0.2, 0.25) is 0 Å². The van der Waals surface area contributed by atoms with Crippen molar-refractivity contribution >= 4 is 86.2 Å². The molecule has 0 unspecified atom stereocenters. The second-order valence-corrected chi connectivity index (χ2v) is 26.5. The Morgan fingerprint density at radius 3 is 0.362 bits per heavy atom. The Morgan fingerprint density at radius 1 is 0.0750 bits per heavy atom. The van der Waals surface area contributed by atoms with Gasteiger partial charge in [-0.05, 0) is 480 Å². The Kier molecular flexibility index (Phi) is 10.8. The molecule has 0 aliphatic heterocycles. The molecule has 0 saturated heterocycles. The summed E-state index contributed by atoms with van der Waals surface area (Å²) in [5.41, 5.74) is 52.5. The van der Waals surface area contributed by atoms with Crippen LogP contribution < -0.4 is 0 Å². The van der Waals surface area contributed by atoms with Crippen molar-refractivity contribution in [3.8, 4) is 44.5 Å². The van der Waals surface area contributed by atoms with E-state index in [1.165, 1.54) is 286 Å². The molecule has 0 heterocycles. The third kappa shape index (κ3) is 5.66. The summed E-state index contributed by atoms with van der Waals surface area (Å²) in [4.78, 5) is 0. The first-order valence-corrected chi connectivity index (χ1v) is 30.0. The molecule has 0 amide bonds. The molecule has 0 aromatic heterocycles. The first-order valence-electron chi connectivity index (χ1n) is 30.0. The zero-order chi connectivity index (χ0) is 58.0. The molecule has 0 bridgehead atoms. The predicted octanol–water partition coefficient (Wildman–Crippen LogP) is 23.4. The number of fused-ring (bicyclic) bond motifs is 10. The highest BCUT2D eigenvalue weighted by atomic mass is 14.4. The molecule has 0 nitrogen and oxygen atoms in total. The van der Waals surface area contributed by atoms with E-state index in [9.17, 15) is 0 Å². The van der Waals surface area contributed by atoms with Crippen molar-refractivity contribution in [1.29, 1.82) is 0 Å².